The number of hydrogen-bond acceptors (Lipinski definition) is 14. The maximum Gasteiger partial charge on any atom is 0.317 e. The number of rotatable bonds is 14. The molecule has 2 heterocycles. The first-order valence-electron chi connectivity index (χ1n) is 15.8. The van der Waals surface area contributed by atoms with Crippen molar-refractivity contribution >= 4 is 11.9 Å². The van der Waals surface area contributed by atoms with Gasteiger partial charge in [-0.05, 0) is 54.8 Å². The lowest BCUT2D eigenvalue weighted by molar-refractivity contribution is -0.320. The van der Waals surface area contributed by atoms with E-state index in [0.29, 0.717) is 12.3 Å². The third kappa shape index (κ3) is 7.49. The lowest BCUT2D eigenvalue weighted by Gasteiger charge is -2.45. The third-order valence-corrected chi connectivity index (χ3v) is 10.9. The van der Waals surface area contributed by atoms with Crippen LogP contribution in [0.2, 0.25) is 0 Å². The fraction of sp³-hybridized carbons (Fsp3) is 0.933. The Kier molecular flexibility index (Phi) is 11.9. The largest absolute Gasteiger partial charge is 0.481 e. The van der Waals surface area contributed by atoms with Gasteiger partial charge in [0.1, 0.15) is 61.9 Å². The molecule has 15 heteroatoms. The van der Waals surface area contributed by atoms with Crippen molar-refractivity contribution in [2.45, 2.75) is 133 Å². The molecule has 0 aromatic carbocycles. The Morgan fingerprint density at radius 2 is 1.53 bits per heavy atom. The summed E-state index contributed by atoms with van der Waals surface area (Å²) in [5.41, 5.74) is -0.375. The van der Waals surface area contributed by atoms with Crippen LogP contribution in [0.4, 0.5) is 0 Å². The summed E-state index contributed by atoms with van der Waals surface area (Å²) in [7, 11) is 0. The first-order chi connectivity index (χ1) is 21.1. The molecule has 4 aliphatic rings. The number of fused-ring (bicyclic) bond motifs is 2. The van der Waals surface area contributed by atoms with Crippen molar-refractivity contribution in [3.05, 3.63) is 0 Å². The number of ether oxygens (including phenoxy) is 5. The molecule has 260 valence electrons. The summed E-state index contributed by atoms with van der Waals surface area (Å²) in [4.78, 5) is 22.4. The first kappa shape index (κ1) is 36.3. The molecule has 0 radical (unpaired) electrons. The van der Waals surface area contributed by atoms with Crippen LogP contribution in [0.25, 0.3) is 0 Å². The zero-order valence-corrected chi connectivity index (χ0v) is 26.0. The van der Waals surface area contributed by atoms with Gasteiger partial charge in [-0.25, -0.2) is 0 Å². The van der Waals surface area contributed by atoms with Gasteiger partial charge in [0.15, 0.2) is 12.6 Å². The Morgan fingerprint density at radius 3 is 2.18 bits per heavy atom. The van der Waals surface area contributed by atoms with Crippen molar-refractivity contribution < 1.29 is 74.1 Å². The van der Waals surface area contributed by atoms with Gasteiger partial charge in [-0.1, -0.05) is 27.2 Å². The van der Waals surface area contributed by atoms with Gasteiger partial charge >= 0.3 is 11.9 Å². The zero-order valence-electron chi connectivity index (χ0n) is 26.0. The summed E-state index contributed by atoms with van der Waals surface area (Å²) in [5.74, 6) is -1.97. The molecule has 2 aliphatic heterocycles. The van der Waals surface area contributed by atoms with Gasteiger partial charge in [0.05, 0.1) is 19.3 Å². The summed E-state index contributed by atoms with van der Waals surface area (Å²) < 4.78 is 28.1. The number of carboxylic acids is 1. The van der Waals surface area contributed by atoms with E-state index in [1.807, 2.05) is 6.92 Å². The summed E-state index contributed by atoms with van der Waals surface area (Å²) >= 11 is 0. The topological polar surface area (TPSA) is 242 Å². The van der Waals surface area contributed by atoms with Crippen molar-refractivity contribution in [3.63, 3.8) is 0 Å². The highest BCUT2D eigenvalue weighted by molar-refractivity contribution is 5.90. The predicted molar refractivity (Wildman–Crippen MR) is 151 cm³/mol. The molecular weight excluding hydrogens is 600 g/mol. The normalized spacial score (nSPS) is 45.4. The van der Waals surface area contributed by atoms with Gasteiger partial charge in [-0.2, -0.15) is 0 Å². The molecule has 15 atom stereocenters. The van der Waals surface area contributed by atoms with Crippen LogP contribution in [0.1, 0.15) is 65.7 Å². The molecule has 2 aliphatic carbocycles. The maximum atomic E-state index is 11.7. The van der Waals surface area contributed by atoms with Crippen LogP contribution in [0.5, 0.6) is 0 Å². The minimum Gasteiger partial charge on any atom is -0.481 e. The maximum absolute atomic E-state index is 11.7. The summed E-state index contributed by atoms with van der Waals surface area (Å²) in [6, 6.07) is 0. The third-order valence-electron chi connectivity index (χ3n) is 10.9. The molecule has 0 aromatic rings. The van der Waals surface area contributed by atoms with Crippen LogP contribution >= 0.6 is 0 Å². The van der Waals surface area contributed by atoms with E-state index in [1.165, 1.54) is 0 Å². The molecule has 4 fully saturated rings. The minimum absolute atomic E-state index is 0.0834. The number of carbonyl (C=O) groups excluding carboxylic acids is 1. The van der Waals surface area contributed by atoms with E-state index in [1.54, 1.807) is 0 Å². The zero-order chi connectivity index (χ0) is 33.3. The van der Waals surface area contributed by atoms with Gasteiger partial charge in [0.25, 0.3) is 0 Å². The molecule has 4 rings (SSSR count). The lowest BCUT2D eigenvalue weighted by atomic mass is 9.65. The molecule has 2 saturated heterocycles. The highest BCUT2D eigenvalue weighted by Gasteiger charge is 2.64. The molecule has 8 N–H and O–H groups in total. The minimum atomic E-state index is -1.63. The second kappa shape index (κ2) is 14.7. The summed E-state index contributed by atoms with van der Waals surface area (Å²) in [6.45, 7) is 5.59. The van der Waals surface area contributed by atoms with Crippen LogP contribution < -0.4 is 0 Å². The standard InChI is InChI=1S/C30H50O15/c1-14(12-42-27-25(39)23(37)21(35)16(11-31)43-27)5-4-7-29(2)15-6-8-30(29,3)18(9-15)45-28-26(40)24(38)22(36)17(44-28)13-41-20(34)10-19(32)33/h14-18,21-28,31,35-40H,4-13H2,1-3H3,(H,32,33)/t14-,15+,16-,17-,18-,21-,22-,23+,24+,25-,26-,27-,28+,29-,30-/m1/s1. The molecule has 15 nitrogen and oxygen atoms in total. The van der Waals surface area contributed by atoms with E-state index < -0.39 is 93.0 Å². The molecule has 0 unspecified atom stereocenters. The highest BCUT2D eigenvalue weighted by Crippen LogP contribution is 2.68. The Morgan fingerprint density at radius 1 is 0.911 bits per heavy atom. The number of carboxylic acid groups (broad SMARTS) is 1. The van der Waals surface area contributed by atoms with Gasteiger partial charge in [0.2, 0.25) is 0 Å². The van der Waals surface area contributed by atoms with Crippen molar-refractivity contribution in [1.29, 1.82) is 0 Å². The van der Waals surface area contributed by atoms with Crippen molar-refractivity contribution in [2.24, 2.45) is 22.7 Å². The number of hydrogen-bond donors (Lipinski definition) is 8. The molecule has 0 aromatic heterocycles. The fourth-order valence-corrected chi connectivity index (χ4v) is 7.71. The van der Waals surface area contributed by atoms with Crippen LogP contribution in [-0.4, -0.2) is 140 Å². The van der Waals surface area contributed by atoms with Crippen LogP contribution in [0, 0.1) is 22.7 Å². The summed E-state index contributed by atoms with van der Waals surface area (Å²) in [5, 5.41) is 79.8. The lowest BCUT2D eigenvalue weighted by Crippen LogP contribution is -2.60. The summed E-state index contributed by atoms with van der Waals surface area (Å²) in [6.07, 6.45) is -9.87. The smallest absolute Gasteiger partial charge is 0.317 e. The van der Waals surface area contributed by atoms with Gasteiger partial charge in [-0.15, -0.1) is 0 Å². The molecule has 45 heavy (non-hydrogen) atoms. The van der Waals surface area contributed by atoms with Gasteiger partial charge < -0.3 is 64.5 Å². The molecule has 2 saturated carbocycles. The highest BCUT2D eigenvalue weighted by atomic mass is 16.7. The SMILES string of the molecule is C[C@H](CCC[C@]1(C)[C@H]2CC[C@]1(C)[C@H](O[C@@H]1O[C@H](COC(=O)CC(=O)O)[C@@H](O)[C@H](O)[C@H]1O)C2)CO[C@@H]1O[C@H](CO)[C@@H](O)[C@H](O)[C@H]1O. The first-order valence-corrected chi connectivity index (χ1v) is 15.8. The van der Waals surface area contributed by atoms with E-state index in [-0.39, 0.29) is 29.5 Å². The van der Waals surface area contributed by atoms with Crippen molar-refractivity contribution in [1.82, 2.24) is 0 Å². The Labute approximate surface area is 262 Å². The predicted octanol–water partition coefficient (Wildman–Crippen LogP) is -1.35. The molecular formula is C30H50O15. The van der Waals surface area contributed by atoms with Crippen LogP contribution in [0.15, 0.2) is 0 Å². The number of aliphatic hydroxyl groups is 7. The number of aliphatic hydroxyl groups excluding tert-OH is 7. The number of carbonyl (C=O) groups is 2. The van der Waals surface area contributed by atoms with E-state index in [0.717, 1.165) is 32.1 Å². The Bertz CT molecular complexity index is 1010. The van der Waals surface area contributed by atoms with Crippen LogP contribution in [-0.2, 0) is 33.3 Å². The number of aliphatic carboxylic acids is 1. The average molecular weight is 651 g/mol. The van der Waals surface area contributed by atoms with E-state index >= 15 is 0 Å². The average Bonchev–Trinajstić information content (AvgIpc) is 3.35. The molecule has 0 spiro atoms. The van der Waals surface area contributed by atoms with Gasteiger partial charge in [0, 0.05) is 0 Å². The van der Waals surface area contributed by atoms with E-state index in [4.69, 9.17) is 28.8 Å². The van der Waals surface area contributed by atoms with Gasteiger partial charge in [-0.3, -0.25) is 9.59 Å². The Hall–Kier alpha value is -1.50. The fourth-order valence-electron chi connectivity index (χ4n) is 7.71. The van der Waals surface area contributed by atoms with Crippen LogP contribution in [0.3, 0.4) is 0 Å². The number of esters is 1. The molecule has 2 bridgehead atoms. The van der Waals surface area contributed by atoms with Crippen molar-refractivity contribution in [3.8, 4) is 0 Å². The Balaban J connectivity index is 1.29. The monoisotopic (exact) mass is 650 g/mol. The van der Waals surface area contributed by atoms with Crippen molar-refractivity contribution in [2.75, 3.05) is 19.8 Å². The van der Waals surface area contributed by atoms with E-state index in [2.05, 4.69) is 13.8 Å². The molecule has 0 amide bonds. The second-order valence-electron chi connectivity index (χ2n) is 13.7. The van der Waals surface area contributed by atoms with E-state index in [9.17, 15) is 45.3 Å². The quantitative estimate of drug-likeness (QED) is 0.0800. The second-order valence-corrected chi connectivity index (χ2v) is 13.7.